The third kappa shape index (κ3) is 4.69. The number of fused-ring (bicyclic) bond motifs is 1. The Morgan fingerprint density at radius 2 is 0.620 bits per heavy atom. The standard InChI is InChI=1S/C50H32/c1-2-8-33(9-3-1)34-16-18-35(19-17-34)36-20-22-39(23-21-36)47-32-48(46-31-29-42-13-6-12-41-28-30-45(47)50(46)49(41)42)40-26-24-38(25-27-40)44-15-7-11-37-10-4-5-14-43(37)44/h1-32H. The summed E-state index contributed by atoms with van der Waals surface area (Å²) in [6.45, 7) is 0. The highest BCUT2D eigenvalue weighted by Gasteiger charge is 2.17. The van der Waals surface area contributed by atoms with E-state index < -0.39 is 0 Å². The van der Waals surface area contributed by atoms with Crippen LogP contribution in [0.15, 0.2) is 194 Å². The van der Waals surface area contributed by atoms with Gasteiger partial charge in [0.05, 0.1) is 0 Å². The van der Waals surface area contributed by atoms with Crippen LogP contribution in [0.2, 0.25) is 0 Å². The monoisotopic (exact) mass is 632 g/mol. The number of hydrogen-bond donors (Lipinski definition) is 0. The van der Waals surface area contributed by atoms with Crippen molar-refractivity contribution >= 4 is 43.1 Å². The number of hydrogen-bond acceptors (Lipinski definition) is 0. The average molecular weight is 633 g/mol. The fourth-order valence-corrected chi connectivity index (χ4v) is 7.94. The molecule has 10 aromatic rings. The van der Waals surface area contributed by atoms with E-state index in [0.717, 1.165) is 0 Å². The van der Waals surface area contributed by atoms with Crippen molar-refractivity contribution in [1.29, 1.82) is 0 Å². The van der Waals surface area contributed by atoms with Crippen LogP contribution >= 0.6 is 0 Å². The predicted octanol–water partition coefficient (Wildman–Crippen LogP) is 14.1. The summed E-state index contributed by atoms with van der Waals surface area (Å²) in [5.74, 6) is 0. The molecule has 0 aromatic heterocycles. The van der Waals surface area contributed by atoms with Gasteiger partial charge in [-0.1, -0.05) is 188 Å². The van der Waals surface area contributed by atoms with E-state index >= 15 is 0 Å². The predicted molar refractivity (Wildman–Crippen MR) is 215 cm³/mol. The van der Waals surface area contributed by atoms with E-state index in [1.54, 1.807) is 0 Å². The van der Waals surface area contributed by atoms with Gasteiger partial charge in [-0.2, -0.15) is 0 Å². The molecule has 0 aliphatic carbocycles. The molecule has 0 nitrogen and oxygen atoms in total. The molecule has 10 aromatic carbocycles. The zero-order chi connectivity index (χ0) is 33.0. The molecule has 0 saturated heterocycles. The third-order valence-electron chi connectivity index (χ3n) is 10.5. The minimum absolute atomic E-state index is 1.22. The SMILES string of the molecule is c1ccc(-c2ccc(-c3ccc(-c4cc(-c5ccc(-c6cccc7ccccc67)cc5)c5ccc6cccc7ccc4c5c76)cc3)cc2)cc1. The lowest BCUT2D eigenvalue weighted by Gasteiger charge is -2.18. The largest absolute Gasteiger partial charge is 0.0622 e. The Morgan fingerprint density at radius 1 is 0.200 bits per heavy atom. The minimum Gasteiger partial charge on any atom is -0.0622 e. The van der Waals surface area contributed by atoms with Gasteiger partial charge in [-0.05, 0) is 105 Å². The molecule has 0 spiro atoms. The zero-order valence-electron chi connectivity index (χ0n) is 27.5. The summed E-state index contributed by atoms with van der Waals surface area (Å²) in [5, 5.41) is 10.4. The average Bonchev–Trinajstić information content (AvgIpc) is 3.20. The van der Waals surface area contributed by atoms with Crippen LogP contribution < -0.4 is 0 Å². The van der Waals surface area contributed by atoms with Crippen LogP contribution in [-0.2, 0) is 0 Å². The van der Waals surface area contributed by atoms with Crippen molar-refractivity contribution in [1.82, 2.24) is 0 Å². The Bertz CT molecular complexity index is 2790. The molecule has 0 bridgehead atoms. The molecule has 10 rings (SSSR count). The molecular weight excluding hydrogens is 601 g/mol. The highest BCUT2D eigenvalue weighted by Crippen LogP contribution is 2.44. The van der Waals surface area contributed by atoms with Crippen LogP contribution in [0, 0.1) is 0 Å². The summed E-state index contributed by atoms with van der Waals surface area (Å²) in [6.07, 6.45) is 0. The molecule has 232 valence electrons. The van der Waals surface area contributed by atoms with Crippen molar-refractivity contribution in [3.8, 4) is 55.6 Å². The molecule has 50 heavy (non-hydrogen) atoms. The van der Waals surface area contributed by atoms with Gasteiger partial charge in [0, 0.05) is 0 Å². The molecule has 0 N–H and O–H groups in total. The van der Waals surface area contributed by atoms with Crippen LogP contribution in [0.4, 0.5) is 0 Å². The van der Waals surface area contributed by atoms with E-state index in [0.29, 0.717) is 0 Å². The fourth-order valence-electron chi connectivity index (χ4n) is 7.94. The van der Waals surface area contributed by atoms with Crippen LogP contribution in [0.25, 0.3) is 98.7 Å². The second-order valence-electron chi connectivity index (χ2n) is 13.3. The molecule has 0 atom stereocenters. The van der Waals surface area contributed by atoms with Crippen molar-refractivity contribution in [3.63, 3.8) is 0 Å². The molecule has 0 amide bonds. The zero-order valence-corrected chi connectivity index (χ0v) is 27.5. The van der Waals surface area contributed by atoms with E-state index in [1.165, 1.54) is 98.7 Å². The molecule has 0 heteroatoms. The number of benzene rings is 10. The Balaban J connectivity index is 1.10. The summed E-state index contributed by atoms with van der Waals surface area (Å²) in [6, 6.07) is 71.3. The molecule has 0 aliphatic rings. The van der Waals surface area contributed by atoms with Gasteiger partial charge in [-0.15, -0.1) is 0 Å². The molecule has 0 fully saturated rings. The van der Waals surface area contributed by atoms with Crippen molar-refractivity contribution < 1.29 is 0 Å². The van der Waals surface area contributed by atoms with Gasteiger partial charge in [-0.3, -0.25) is 0 Å². The van der Waals surface area contributed by atoms with E-state index in [2.05, 4.69) is 194 Å². The summed E-state index contributed by atoms with van der Waals surface area (Å²) in [5.41, 5.74) is 12.4. The molecule has 0 heterocycles. The van der Waals surface area contributed by atoms with Gasteiger partial charge in [0.1, 0.15) is 0 Å². The van der Waals surface area contributed by atoms with Gasteiger partial charge >= 0.3 is 0 Å². The van der Waals surface area contributed by atoms with E-state index in [9.17, 15) is 0 Å². The highest BCUT2D eigenvalue weighted by atomic mass is 14.2. The lowest BCUT2D eigenvalue weighted by atomic mass is 9.85. The summed E-state index contributed by atoms with van der Waals surface area (Å²) >= 11 is 0. The second-order valence-corrected chi connectivity index (χ2v) is 13.3. The van der Waals surface area contributed by atoms with E-state index in [4.69, 9.17) is 0 Å². The first-order valence-corrected chi connectivity index (χ1v) is 17.3. The molecular formula is C50H32. The molecule has 0 saturated carbocycles. The smallest absolute Gasteiger partial charge is 0.00143 e. The quantitative estimate of drug-likeness (QED) is 0.166. The summed E-state index contributed by atoms with van der Waals surface area (Å²) in [7, 11) is 0. The Hall–Kier alpha value is -6.50. The van der Waals surface area contributed by atoms with E-state index in [1.807, 2.05) is 0 Å². The fraction of sp³-hybridized carbons (Fsp3) is 0. The van der Waals surface area contributed by atoms with Gasteiger partial charge < -0.3 is 0 Å². The highest BCUT2D eigenvalue weighted by molar-refractivity contribution is 6.28. The van der Waals surface area contributed by atoms with Gasteiger partial charge in [0.15, 0.2) is 0 Å². The van der Waals surface area contributed by atoms with Gasteiger partial charge in [-0.25, -0.2) is 0 Å². The summed E-state index contributed by atoms with van der Waals surface area (Å²) in [4.78, 5) is 0. The van der Waals surface area contributed by atoms with Crippen molar-refractivity contribution in [3.05, 3.63) is 194 Å². The first kappa shape index (κ1) is 28.5. The van der Waals surface area contributed by atoms with Crippen LogP contribution in [-0.4, -0.2) is 0 Å². The van der Waals surface area contributed by atoms with Crippen molar-refractivity contribution in [2.24, 2.45) is 0 Å². The van der Waals surface area contributed by atoms with Crippen LogP contribution in [0.5, 0.6) is 0 Å². The molecule has 0 radical (unpaired) electrons. The first-order chi connectivity index (χ1) is 24.8. The van der Waals surface area contributed by atoms with Gasteiger partial charge in [0.25, 0.3) is 0 Å². The van der Waals surface area contributed by atoms with E-state index in [-0.39, 0.29) is 0 Å². The first-order valence-electron chi connectivity index (χ1n) is 17.3. The maximum Gasteiger partial charge on any atom is -0.00143 e. The maximum absolute atomic E-state index is 2.42. The van der Waals surface area contributed by atoms with Crippen molar-refractivity contribution in [2.45, 2.75) is 0 Å². The lowest BCUT2D eigenvalue weighted by molar-refractivity contribution is 1.58. The number of rotatable bonds is 5. The molecule has 0 aliphatic heterocycles. The van der Waals surface area contributed by atoms with Crippen LogP contribution in [0.3, 0.4) is 0 Å². The second kappa shape index (κ2) is 11.6. The van der Waals surface area contributed by atoms with Crippen LogP contribution in [0.1, 0.15) is 0 Å². The normalized spacial score (nSPS) is 11.6. The summed E-state index contributed by atoms with van der Waals surface area (Å²) < 4.78 is 0. The van der Waals surface area contributed by atoms with Gasteiger partial charge in [0.2, 0.25) is 0 Å². The Labute approximate surface area is 291 Å². The van der Waals surface area contributed by atoms with Crippen molar-refractivity contribution in [2.75, 3.05) is 0 Å². The lowest BCUT2D eigenvalue weighted by Crippen LogP contribution is -1.91. The maximum atomic E-state index is 2.42. The third-order valence-corrected chi connectivity index (χ3v) is 10.5. The topological polar surface area (TPSA) is 0 Å². The molecule has 0 unspecified atom stereocenters. The minimum atomic E-state index is 1.22. The Kier molecular flexibility index (Phi) is 6.60. The Morgan fingerprint density at radius 3 is 1.20 bits per heavy atom.